The SMILES string of the molecule is C[C@@](C#N)(NC(=O)COC(=O)CSCC(=O)Nc1ccc(Cl)cc1)C1CC1. The second kappa shape index (κ2) is 9.62. The molecule has 0 heterocycles. The second-order valence-corrected chi connectivity index (χ2v) is 7.77. The van der Waals surface area contributed by atoms with E-state index in [4.69, 9.17) is 16.3 Å². The highest BCUT2D eigenvalue weighted by Crippen LogP contribution is 2.39. The molecule has 2 N–H and O–H groups in total. The van der Waals surface area contributed by atoms with Crippen molar-refractivity contribution in [2.45, 2.75) is 25.3 Å². The summed E-state index contributed by atoms with van der Waals surface area (Å²) in [6, 6.07) is 8.77. The Morgan fingerprint density at radius 2 is 1.93 bits per heavy atom. The Labute approximate surface area is 166 Å². The molecule has 27 heavy (non-hydrogen) atoms. The number of hydrogen-bond acceptors (Lipinski definition) is 6. The summed E-state index contributed by atoms with van der Waals surface area (Å²) < 4.78 is 4.88. The van der Waals surface area contributed by atoms with E-state index in [1.807, 2.05) is 0 Å². The zero-order valence-electron chi connectivity index (χ0n) is 14.8. The van der Waals surface area contributed by atoms with E-state index >= 15 is 0 Å². The van der Waals surface area contributed by atoms with E-state index in [9.17, 15) is 19.6 Å². The number of benzene rings is 1. The maximum atomic E-state index is 11.8. The molecule has 1 aliphatic rings. The van der Waals surface area contributed by atoms with Crippen LogP contribution in [-0.2, 0) is 19.1 Å². The number of carbonyl (C=O) groups excluding carboxylic acids is 3. The number of nitrogens with one attached hydrogen (secondary N) is 2. The number of anilines is 1. The van der Waals surface area contributed by atoms with Crippen molar-refractivity contribution in [1.82, 2.24) is 5.32 Å². The monoisotopic (exact) mass is 409 g/mol. The zero-order chi connectivity index (χ0) is 19.9. The van der Waals surface area contributed by atoms with Gasteiger partial charge in [0.15, 0.2) is 6.61 Å². The number of halogens is 1. The van der Waals surface area contributed by atoms with Gasteiger partial charge >= 0.3 is 5.97 Å². The molecule has 0 saturated heterocycles. The van der Waals surface area contributed by atoms with Crippen molar-refractivity contribution in [3.8, 4) is 6.07 Å². The lowest BCUT2D eigenvalue weighted by Crippen LogP contribution is -2.48. The van der Waals surface area contributed by atoms with Crippen LogP contribution in [0.15, 0.2) is 24.3 Å². The van der Waals surface area contributed by atoms with Gasteiger partial charge in [-0.25, -0.2) is 0 Å². The van der Waals surface area contributed by atoms with Gasteiger partial charge in [-0.05, 0) is 49.9 Å². The molecule has 0 aliphatic heterocycles. The normalized spacial score (nSPS) is 15.1. The minimum atomic E-state index is -0.919. The van der Waals surface area contributed by atoms with Crippen molar-refractivity contribution in [1.29, 1.82) is 5.26 Å². The first kappa shape index (κ1) is 21.1. The molecule has 0 bridgehead atoms. The Morgan fingerprint density at radius 3 is 2.52 bits per heavy atom. The fourth-order valence-corrected chi connectivity index (χ4v) is 3.09. The van der Waals surface area contributed by atoms with Crippen LogP contribution in [0.2, 0.25) is 5.02 Å². The Kier molecular flexibility index (Phi) is 7.51. The van der Waals surface area contributed by atoms with Crippen LogP contribution in [0.4, 0.5) is 5.69 Å². The first-order valence-corrected chi connectivity index (χ1v) is 9.86. The predicted molar refractivity (Wildman–Crippen MR) is 103 cm³/mol. The van der Waals surface area contributed by atoms with E-state index in [0.29, 0.717) is 10.7 Å². The van der Waals surface area contributed by atoms with Crippen molar-refractivity contribution in [2.75, 3.05) is 23.4 Å². The average molecular weight is 410 g/mol. The van der Waals surface area contributed by atoms with Gasteiger partial charge in [-0.3, -0.25) is 14.4 Å². The number of nitriles is 1. The lowest BCUT2D eigenvalue weighted by molar-refractivity contribution is -0.146. The molecule has 2 amide bonds. The molecule has 9 heteroatoms. The Bertz CT molecular complexity index is 746. The molecule has 0 aromatic heterocycles. The number of nitrogens with zero attached hydrogens (tertiary/aromatic N) is 1. The number of rotatable bonds is 9. The molecule has 1 saturated carbocycles. The van der Waals surface area contributed by atoms with Crippen molar-refractivity contribution in [2.24, 2.45) is 5.92 Å². The molecule has 0 unspecified atom stereocenters. The Hall–Kier alpha value is -2.24. The number of esters is 1. The quantitative estimate of drug-likeness (QED) is 0.606. The van der Waals surface area contributed by atoms with Gasteiger partial charge in [-0.15, -0.1) is 11.8 Å². The molecular formula is C18H20ClN3O4S. The van der Waals surface area contributed by atoms with Crippen LogP contribution in [-0.4, -0.2) is 41.4 Å². The molecule has 1 aromatic rings. The highest BCUT2D eigenvalue weighted by atomic mass is 35.5. The molecule has 2 rings (SSSR count). The first-order valence-electron chi connectivity index (χ1n) is 8.33. The van der Waals surface area contributed by atoms with Gasteiger partial charge in [0.05, 0.1) is 17.6 Å². The first-order chi connectivity index (χ1) is 12.8. The molecule has 1 aliphatic carbocycles. The molecule has 144 valence electrons. The lowest BCUT2D eigenvalue weighted by Gasteiger charge is -2.22. The zero-order valence-corrected chi connectivity index (χ0v) is 16.4. The van der Waals surface area contributed by atoms with E-state index in [2.05, 4.69) is 16.7 Å². The minimum Gasteiger partial charge on any atom is -0.455 e. The Balaban J connectivity index is 1.61. The Morgan fingerprint density at radius 1 is 1.26 bits per heavy atom. The van der Waals surface area contributed by atoms with Crippen LogP contribution in [0.25, 0.3) is 0 Å². The summed E-state index contributed by atoms with van der Waals surface area (Å²) in [5, 5.41) is 15.0. The van der Waals surface area contributed by atoms with Crippen molar-refractivity contribution >= 4 is 46.8 Å². The van der Waals surface area contributed by atoms with E-state index in [-0.39, 0.29) is 23.3 Å². The van der Waals surface area contributed by atoms with Gasteiger partial charge in [-0.1, -0.05) is 11.6 Å². The van der Waals surface area contributed by atoms with Gasteiger partial charge < -0.3 is 15.4 Å². The number of ether oxygens (including phenoxy) is 1. The van der Waals surface area contributed by atoms with E-state index in [0.717, 1.165) is 24.6 Å². The third-order valence-corrected chi connectivity index (χ3v) is 5.13. The summed E-state index contributed by atoms with van der Waals surface area (Å²) in [5.41, 5.74) is -0.307. The van der Waals surface area contributed by atoms with Crippen LogP contribution in [0.5, 0.6) is 0 Å². The maximum Gasteiger partial charge on any atom is 0.316 e. The van der Waals surface area contributed by atoms with Gasteiger partial charge in [0.1, 0.15) is 5.54 Å². The minimum absolute atomic E-state index is 0.0561. The van der Waals surface area contributed by atoms with Gasteiger partial charge in [0.2, 0.25) is 5.91 Å². The third-order valence-electron chi connectivity index (χ3n) is 3.97. The molecule has 1 atom stereocenters. The maximum absolute atomic E-state index is 11.8. The predicted octanol–water partition coefficient (Wildman–Crippen LogP) is 2.36. The van der Waals surface area contributed by atoms with E-state index in [1.165, 1.54) is 0 Å². The van der Waals surface area contributed by atoms with Gasteiger partial charge in [0, 0.05) is 10.7 Å². The summed E-state index contributed by atoms with van der Waals surface area (Å²) in [4.78, 5) is 35.3. The van der Waals surface area contributed by atoms with Crippen LogP contribution < -0.4 is 10.6 Å². The summed E-state index contributed by atoms with van der Waals surface area (Å²) in [5.74, 6) is -1.21. The van der Waals surface area contributed by atoms with Crippen molar-refractivity contribution in [3.05, 3.63) is 29.3 Å². The van der Waals surface area contributed by atoms with Crippen LogP contribution >= 0.6 is 23.4 Å². The molecule has 0 radical (unpaired) electrons. The fraction of sp³-hybridized carbons (Fsp3) is 0.444. The lowest BCUT2D eigenvalue weighted by atomic mass is 9.98. The molecule has 1 fully saturated rings. The van der Waals surface area contributed by atoms with E-state index in [1.54, 1.807) is 31.2 Å². The molecule has 0 spiro atoms. The summed E-state index contributed by atoms with van der Waals surface area (Å²) in [6.45, 7) is 1.22. The number of amides is 2. The number of carbonyl (C=O) groups is 3. The topological polar surface area (TPSA) is 108 Å². The highest BCUT2D eigenvalue weighted by molar-refractivity contribution is 8.00. The second-order valence-electron chi connectivity index (χ2n) is 6.35. The smallest absolute Gasteiger partial charge is 0.316 e. The van der Waals surface area contributed by atoms with Crippen LogP contribution in [0, 0.1) is 17.2 Å². The van der Waals surface area contributed by atoms with Gasteiger partial charge in [-0.2, -0.15) is 5.26 Å². The van der Waals surface area contributed by atoms with Crippen LogP contribution in [0.1, 0.15) is 19.8 Å². The standard InChI is InChI=1S/C18H20ClN3O4S/c1-18(11-20,12-2-3-12)22-15(23)8-26-17(25)10-27-9-16(24)21-14-6-4-13(19)5-7-14/h4-7,12H,2-3,8-10H2,1H3,(H,21,24)(H,22,23)/t18-/m0/s1. The number of hydrogen-bond donors (Lipinski definition) is 2. The number of thioether (sulfide) groups is 1. The van der Waals surface area contributed by atoms with E-state index < -0.39 is 24.0 Å². The third kappa shape index (κ3) is 7.12. The van der Waals surface area contributed by atoms with Crippen molar-refractivity contribution in [3.63, 3.8) is 0 Å². The summed E-state index contributed by atoms with van der Waals surface area (Å²) in [7, 11) is 0. The molecule has 1 aromatic carbocycles. The fourth-order valence-electron chi connectivity index (χ4n) is 2.35. The molecule has 7 nitrogen and oxygen atoms in total. The largest absolute Gasteiger partial charge is 0.455 e. The molecular weight excluding hydrogens is 390 g/mol. The summed E-state index contributed by atoms with van der Waals surface area (Å²) >= 11 is 6.85. The van der Waals surface area contributed by atoms with Crippen LogP contribution in [0.3, 0.4) is 0 Å². The van der Waals surface area contributed by atoms with Gasteiger partial charge in [0.25, 0.3) is 5.91 Å². The average Bonchev–Trinajstić information content (AvgIpc) is 3.47. The summed E-state index contributed by atoms with van der Waals surface area (Å²) in [6.07, 6.45) is 1.80. The van der Waals surface area contributed by atoms with Crippen molar-refractivity contribution < 1.29 is 19.1 Å². The highest BCUT2D eigenvalue weighted by Gasteiger charge is 2.43.